The van der Waals surface area contributed by atoms with Crippen molar-refractivity contribution in [2.45, 2.75) is 17.9 Å². The number of nitrogens with one attached hydrogen (secondary N) is 1. The van der Waals surface area contributed by atoms with E-state index in [0.29, 0.717) is 0 Å². The van der Waals surface area contributed by atoms with E-state index in [2.05, 4.69) is 4.72 Å². The van der Waals surface area contributed by atoms with Gasteiger partial charge in [0.2, 0.25) is 10.0 Å². The molecule has 1 atom stereocenters. The molecule has 0 aromatic heterocycles. The van der Waals surface area contributed by atoms with Crippen LogP contribution < -0.4 is 10.5 Å². The molecule has 0 spiro atoms. The van der Waals surface area contributed by atoms with E-state index in [1.54, 1.807) is 6.92 Å². The summed E-state index contributed by atoms with van der Waals surface area (Å²) in [7, 11) is -2.55. The predicted molar refractivity (Wildman–Crippen MR) is 69.2 cm³/mol. The lowest BCUT2D eigenvalue weighted by Crippen LogP contribution is -2.32. The van der Waals surface area contributed by atoms with Crippen LogP contribution in [0.4, 0.5) is 11.4 Å². The van der Waals surface area contributed by atoms with E-state index in [1.165, 1.54) is 13.2 Å². The number of nitrogens with zero attached hydrogens (tertiary/aromatic N) is 1. The molecule has 1 rings (SSSR count). The van der Waals surface area contributed by atoms with Gasteiger partial charge in [0.05, 0.1) is 11.0 Å². The topological polar surface area (TPSA) is 125 Å². The molecule has 3 N–H and O–H groups in total. The van der Waals surface area contributed by atoms with Crippen LogP contribution >= 0.6 is 0 Å². The number of nitrogens with two attached hydrogens (primary N) is 1. The number of rotatable bonds is 6. The molecule has 0 heterocycles. The maximum Gasteiger partial charge on any atom is 0.291 e. The van der Waals surface area contributed by atoms with E-state index in [0.717, 1.165) is 12.1 Å². The molecule has 0 fully saturated rings. The highest BCUT2D eigenvalue weighted by atomic mass is 32.2. The van der Waals surface area contributed by atoms with E-state index < -0.39 is 25.5 Å². The Bertz CT molecular complexity index is 573. The second kappa shape index (κ2) is 5.95. The number of hydrogen-bond acceptors (Lipinski definition) is 6. The lowest BCUT2D eigenvalue weighted by Gasteiger charge is -2.11. The zero-order valence-corrected chi connectivity index (χ0v) is 11.3. The van der Waals surface area contributed by atoms with Crippen LogP contribution in [0.25, 0.3) is 0 Å². The Hall–Kier alpha value is -1.71. The zero-order valence-electron chi connectivity index (χ0n) is 10.5. The van der Waals surface area contributed by atoms with Gasteiger partial charge in [-0.05, 0) is 19.1 Å². The van der Waals surface area contributed by atoms with Crippen LogP contribution in [0, 0.1) is 10.1 Å². The van der Waals surface area contributed by atoms with Crippen molar-refractivity contribution in [2.75, 3.05) is 19.4 Å². The van der Waals surface area contributed by atoms with Crippen LogP contribution in [0.1, 0.15) is 6.92 Å². The first-order chi connectivity index (χ1) is 8.77. The third kappa shape index (κ3) is 3.88. The highest BCUT2D eigenvalue weighted by molar-refractivity contribution is 7.89. The number of sulfonamides is 1. The predicted octanol–water partition coefficient (Wildman–Crippen LogP) is 0.490. The van der Waals surface area contributed by atoms with Crippen LogP contribution in [0.15, 0.2) is 23.1 Å². The molecule has 0 saturated heterocycles. The minimum absolute atomic E-state index is 0.0143. The summed E-state index contributed by atoms with van der Waals surface area (Å²) < 4.78 is 31.1. The Balaban J connectivity index is 3.11. The third-order valence-corrected chi connectivity index (χ3v) is 3.90. The minimum atomic E-state index is -3.99. The van der Waals surface area contributed by atoms with Crippen molar-refractivity contribution in [1.29, 1.82) is 0 Å². The Labute approximate surface area is 110 Å². The fraction of sp³-hybridized carbons (Fsp3) is 0.400. The number of nitro benzene ring substituents is 1. The molecule has 8 nitrogen and oxygen atoms in total. The van der Waals surface area contributed by atoms with Crippen molar-refractivity contribution in [3.05, 3.63) is 28.3 Å². The first-order valence-corrected chi connectivity index (χ1v) is 6.82. The van der Waals surface area contributed by atoms with Gasteiger partial charge < -0.3 is 10.5 Å². The molecule has 0 aliphatic heterocycles. The Morgan fingerprint density at radius 2 is 2.16 bits per heavy atom. The molecule has 19 heavy (non-hydrogen) atoms. The fourth-order valence-electron chi connectivity index (χ4n) is 1.29. The third-order valence-electron chi connectivity index (χ3n) is 2.43. The normalized spacial score (nSPS) is 13.2. The standard InChI is InChI=1S/C10H15N3O5S/c1-7(18-2)6-12-19(16,17)10-4-3-8(11)5-9(10)13(14)15/h3-5,7,12H,6,11H2,1-2H3. The van der Waals surface area contributed by atoms with E-state index >= 15 is 0 Å². The monoisotopic (exact) mass is 289 g/mol. The average molecular weight is 289 g/mol. The second-order valence-corrected chi connectivity index (χ2v) is 5.62. The molecule has 0 bridgehead atoms. The van der Waals surface area contributed by atoms with Crippen LogP contribution in [0.3, 0.4) is 0 Å². The molecule has 0 radical (unpaired) electrons. The summed E-state index contributed by atoms with van der Waals surface area (Å²) in [5.74, 6) is 0. The Morgan fingerprint density at radius 3 is 2.68 bits per heavy atom. The van der Waals surface area contributed by atoms with Gasteiger partial charge in [0.1, 0.15) is 0 Å². The molecule has 0 saturated carbocycles. The van der Waals surface area contributed by atoms with Gasteiger partial charge in [0.25, 0.3) is 5.69 Å². The molecular formula is C10H15N3O5S. The summed E-state index contributed by atoms with van der Waals surface area (Å²) in [6.07, 6.45) is -0.345. The number of benzene rings is 1. The van der Waals surface area contributed by atoms with Crippen LogP contribution in [-0.2, 0) is 14.8 Å². The molecule has 1 unspecified atom stereocenters. The van der Waals surface area contributed by atoms with E-state index in [1.807, 2.05) is 0 Å². The average Bonchev–Trinajstić information content (AvgIpc) is 2.35. The molecule has 0 amide bonds. The van der Waals surface area contributed by atoms with Crippen molar-refractivity contribution in [3.8, 4) is 0 Å². The summed E-state index contributed by atoms with van der Waals surface area (Å²) in [6, 6.07) is 3.41. The van der Waals surface area contributed by atoms with Gasteiger partial charge in [-0.15, -0.1) is 0 Å². The smallest absolute Gasteiger partial charge is 0.291 e. The maximum atomic E-state index is 12.0. The molecule has 106 valence electrons. The van der Waals surface area contributed by atoms with Gasteiger partial charge >= 0.3 is 0 Å². The van der Waals surface area contributed by atoms with Gasteiger partial charge in [0, 0.05) is 25.4 Å². The second-order valence-electron chi connectivity index (χ2n) is 3.88. The molecule has 0 aliphatic rings. The first-order valence-electron chi connectivity index (χ1n) is 5.34. The summed E-state index contributed by atoms with van der Waals surface area (Å²) >= 11 is 0. The van der Waals surface area contributed by atoms with Crippen molar-refractivity contribution < 1.29 is 18.1 Å². The summed E-state index contributed by atoms with van der Waals surface area (Å²) in [6.45, 7) is 1.68. The van der Waals surface area contributed by atoms with Crippen LogP contribution in [0.5, 0.6) is 0 Å². The lowest BCUT2D eigenvalue weighted by molar-refractivity contribution is -0.387. The van der Waals surface area contributed by atoms with Crippen LogP contribution in [-0.4, -0.2) is 33.1 Å². The van der Waals surface area contributed by atoms with Gasteiger partial charge in [-0.1, -0.05) is 0 Å². The number of anilines is 1. The Kier molecular flexibility index (Phi) is 4.81. The number of methoxy groups -OCH3 is 1. The molecule has 1 aromatic carbocycles. The van der Waals surface area contributed by atoms with Crippen molar-refractivity contribution >= 4 is 21.4 Å². The highest BCUT2D eigenvalue weighted by Crippen LogP contribution is 2.25. The quantitative estimate of drug-likeness (QED) is 0.446. The largest absolute Gasteiger partial charge is 0.399 e. The lowest BCUT2D eigenvalue weighted by atomic mass is 10.3. The van der Waals surface area contributed by atoms with Crippen LogP contribution in [0.2, 0.25) is 0 Å². The first kappa shape index (κ1) is 15.3. The SMILES string of the molecule is COC(C)CNS(=O)(=O)c1ccc(N)cc1[N+](=O)[O-]. The molecule has 9 heteroatoms. The number of ether oxygens (including phenoxy) is 1. The van der Waals surface area contributed by atoms with Crippen molar-refractivity contribution in [3.63, 3.8) is 0 Å². The van der Waals surface area contributed by atoms with Gasteiger partial charge in [0.15, 0.2) is 4.90 Å². The zero-order chi connectivity index (χ0) is 14.6. The van der Waals surface area contributed by atoms with Gasteiger partial charge in [-0.3, -0.25) is 10.1 Å². The van der Waals surface area contributed by atoms with E-state index in [9.17, 15) is 18.5 Å². The molecule has 0 aliphatic carbocycles. The maximum absolute atomic E-state index is 12.0. The van der Waals surface area contributed by atoms with E-state index in [-0.39, 0.29) is 18.3 Å². The molecular weight excluding hydrogens is 274 g/mol. The summed E-state index contributed by atoms with van der Waals surface area (Å²) in [5, 5.41) is 10.8. The molecule has 1 aromatic rings. The highest BCUT2D eigenvalue weighted by Gasteiger charge is 2.26. The van der Waals surface area contributed by atoms with Crippen molar-refractivity contribution in [1.82, 2.24) is 4.72 Å². The van der Waals surface area contributed by atoms with Gasteiger partial charge in [-0.2, -0.15) is 0 Å². The summed E-state index contributed by atoms with van der Waals surface area (Å²) in [5.41, 5.74) is 4.98. The number of nitro groups is 1. The fourth-order valence-corrected chi connectivity index (χ4v) is 2.56. The number of nitrogen functional groups attached to an aromatic ring is 1. The van der Waals surface area contributed by atoms with Gasteiger partial charge in [-0.25, -0.2) is 13.1 Å². The summed E-state index contributed by atoms with van der Waals surface area (Å²) in [4.78, 5) is 9.64. The Morgan fingerprint density at radius 1 is 1.53 bits per heavy atom. The van der Waals surface area contributed by atoms with E-state index in [4.69, 9.17) is 10.5 Å². The minimum Gasteiger partial charge on any atom is -0.399 e. The number of hydrogen-bond donors (Lipinski definition) is 2. The van der Waals surface area contributed by atoms with Crippen molar-refractivity contribution in [2.24, 2.45) is 0 Å².